The predicted octanol–water partition coefficient (Wildman–Crippen LogP) is 0.969. The number of nitrogens with zero attached hydrogens (tertiary/aromatic N) is 2. The van der Waals surface area contributed by atoms with E-state index in [1.54, 1.807) is 12.5 Å². The molecule has 1 aromatic heterocycles. The van der Waals surface area contributed by atoms with Crippen molar-refractivity contribution >= 4 is 0 Å². The normalized spacial score (nSPS) is 36.7. The highest BCUT2D eigenvalue weighted by Crippen LogP contribution is 2.41. The van der Waals surface area contributed by atoms with Crippen LogP contribution in [0.15, 0.2) is 18.7 Å². The van der Waals surface area contributed by atoms with Gasteiger partial charge in [-0.1, -0.05) is 0 Å². The maximum Gasteiger partial charge on any atom is 0.0949 e. The first kappa shape index (κ1) is 6.85. The van der Waals surface area contributed by atoms with Crippen molar-refractivity contribution in [2.75, 3.05) is 0 Å². The van der Waals surface area contributed by atoms with E-state index in [2.05, 4.69) is 4.98 Å². The van der Waals surface area contributed by atoms with Crippen molar-refractivity contribution < 1.29 is 5.11 Å². The van der Waals surface area contributed by atoms with E-state index in [1.807, 2.05) is 17.7 Å². The number of imidazole rings is 1. The molecule has 1 saturated carbocycles. The zero-order valence-electron chi connectivity index (χ0n) is 6.57. The zero-order chi connectivity index (χ0) is 7.90. The van der Waals surface area contributed by atoms with Crippen LogP contribution < -0.4 is 0 Å². The number of hydrogen-bond donors (Lipinski definition) is 1. The van der Waals surface area contributed by atoms with Crippen LogP contribution in [0.25, 0.3) is 0 Å². The van der Waals surface area contributed by atoms with Gasteiger partial charge >= 0.3 is 0 Å². The van der Waals surface area contributed by atoms with Crippen molar-refractivity contribution in [1.29, 1.82) is 0 Å². The number of aliphatic hydroxyl groups is 1. The first-order valence-electron chi connectivity index (χ1n) is 3.90. The Balaban J connectivity index is 2.20. The van der Waals surface area contributed by atoms with E-state index >= 15 is 0 Å². The smallest absolute Gasteiger partial charge is 0.0949 e. The van der Waals surface area contributed by atoms with Crippen LogP contribution in [0.1, 0.15) is 25.8 Å². The minimum Gasteiger partial charge on any atom is -0.388 e. The third-order valence-corrected chi connectivity index (χ3v) is 2.53. The molecule has 3 heteroatoms. The maximum absolute atomic E-state index is 9.70. The summed E-state index contributed by atoms with van der Waals surface area (Å²) >= 11 is 0. The maximum atomic E-state index is 9.70. The molecule has 1 aliphatic rings. The lowest BCUT2D eigenvalue weighted by Crippen LogP contribution is -2.44. The molecule has 0 spiro atoms. The molecule has 11 heavy (non-hydrogen) atoms. The SMILES string of the molecule is C[C@]1(O)CC[C@@H]1n1ccnc1. The van der Waals surface area contributed by atoms with Crippen LogP contribution in [0.3, 0.4) is 0 Å². The summed E-state index contributed by atoms with van der Waals surface area (Å²) < 4.78 is 1.98. The summed E-state index contributed by atoms with van der Waals surface area (Å²) in [5.74, 6) is 0. The highest BCUT2D eigenvalue weighted by atomic mass is 16.3. The minimum atomic E-state index is -0.513. The molecule has 0 amide bonds. The highest BCUT2D eigenvalue weighted by molar-refractivity contribution is 4.98. The van der Waals surface area contributed by atoms with Gasteiger partial charge in [0.05, 0.1) is 18.0 Å². The van der Waals surface area contributed by atoms with Gasteiger partial charge in [0.15, 0.2) is 0 Å². The van der Waals surface area contributed by atoms with Gasteiger partial charge in [0, 0.05) is 12.4 Å². The lowest BCUT2D eigenvalue weighted by molar-refractivity contribution is -0.0692. The third-order valence-electron chi connectivity index (χ3n) is 2.53. The molecular formula is C8H12N2O. The number of rotatable bonds is 1. The number of aromatic nitrogens is 2. The summed E-state index contributed by atoms with van der Waals surface area (Å²) in [6, 6.07) is 0.241. The lowest BCUT2D eigenvalue weighted by atomic mass is 9.76. The summed E-state index contributed by atoms with van der Waals surface area (Å²) in [6.45, 7) is 1.88. The predicted molar refractivity (Wildman–Crippen MR) is 41.1 cm³/mol. The molecule has 2 atom stereocenters. The molecule has 0 radical (unpaired) electrons. The van der Waals surface area contributed by atoms with Crippen molar-refractivity contribution in [3.05, 3.63) is 18.7 Å². The Kier molecular flexibility index (Phi) is 1.29. The Morgan fingerprint density at radius 2 is 2.55 bits per heavy atom. The van der Waals surface area contributed by atoms with Gasteiger partial charge in [-0.2, -0.15) is 0 Å². The van der Waals surface area contributed by atoms with Gasteiger partial charge in [0.1, 0.15) is 0 Å². The zero-order valence-corrected chi connectivity index (χ0v) is 6.57. The van der Waals surface area contributed by atoms with Crippen LogP contribution in [0, 0.1) is 0 Å². The van der Waals surface area contributed by atoms with Gasteiger partial charge < -0.3 is 9.67 Å². The largest absolute Gasteiger partial charge is 0.388 e. The topological polar surface area (TPSA) is 38.0 Å². The molecule has 1 aliphatic carbocycles. The fourth-order valence-electron chi connectivity index (χ4n) is 1.62. The van der Waals surface area contributed by atoms with Gasteiger partial charge in [-0.25, -0.2) is 4.98 Å². The van der Waals surface area contributed by atoms with E-state index < -0.39 is 5.60 Å². The molecule has 1 fully saturated rings. The Morgan fingerprint density at radius 3 is 2.91 bits per heavy atom. The second-order valence-corrected chi connectivity index (χ2v) is 3.42. The Labute approximate surface area is 65.7 Å². The lowest BCUT2D eigenvalue weighted by Gasteiger charge is -2.43. The highest BCUT2D eigenvalue weighted by Gasteiger charge is 2.41. The van der Waals surface area contributed by atoms with E-state index in [0.717, 1.165) is 12.8 Å². The fraction of sp³-hybridized carbons (Fsp3) is 0.625. The quantitative estimate of drug-likeness (QED) is 0.651. The summed E-state index contributed by atoms with van der Waals surface area (Å²) in [4.78, 5) is 3.94. The fourth-order valence-corrected chi connectivity index (χ4v) is 1.62. The van der Waals surface area contributed by atoms with Crippen molar-refractivity contribution in [3.8, 4) is 0 Å². The molecule has 1 N–H and O–H groups in total. The van der Waals surface area contributed by atoms with Crippen LogP contribution >= 0.6 is 0 Å². The molecule has 1 heterocycles. The molecule has 60 valence electrons. The Hall–Kier alpha value is -0.830. The standard InChI is InChI=1S/C8H12N2O/c1-8(11)3-2-7(8)10-5-4-9-6-10/h4-7,11H,2-3H2,1H3/t7-,8-/m0/s1. The van der Waals surface area contributed by atoms with Gasteiger partial charge in [-0.3, -0.25) is 0 Å². The van der Waals surface area contributed by atoms with Crippen LogP contribution in [0.2, 0.25) is 0 Å². The van der Waals surface area contributed by atoms with Gasteiger partial charge in [0.25, 0.3) is 0 Å². The monoisotopic (exact) mass is 152 g/mol. The van der Waals surface area contributed by atoms with Gasteiger partial charge in [-0.05, 0) is 19.8 Å². The van der Waals surface area contributed by atoms with E-state index in [4.69, 9.17) is 0 Å². The molecule has 0 unspecified atom stereocenters. The first-order chi connectivity index (χ1) is 5.20. The molecule has 0 saturated heterocycles. The van der Waals surface area contributed by atoms with Gasteiger partial charge in [0.2, 0.25) is 0 Å². The van der Waals surface area contributed by atoms with E-state index in [0.29, 0.717) is 0 Å². The Bertz CT molecular complexity index is 241. The average Bonchev–Trinajstić information content (AvgIpc) is 2.38. The molecule has 0 aromatic carbocycles. The van der Waals surface area contributed by atoms with Crippen LogP contribution in [-0.2, 0) is 0 Å². The average molecular weight is 152 g/mol. The Morgan fingerprint density at radius 1 is 1.73 bits per heavy atom. The first-order valence-corrected chi connectivity index (χ1v) is 3.90. The molecule has 0 bridgehead atoms. The second kappa shape index (κ2) is 2.08. The summed E-state index contributed by atoms with van der Waals surface area (Å²) in [5.41, 5.74) is -0.513. The summed E-state index contributed by atoms with van der Waals surface area (Å²) in [6.07, 6.45) is 7.37. The number of hydrogen-bond acceptors (Lipinski definition) is 2. The third kappa shape index (κ3) is 0.959. The van der Waals surface area contributed by atoms with Crippen molar-refractivity contribution in [3.63, 3.8) is 0 Å². The molecule has 3 nitrogen and oxygen atoms in total. The van der Waals surface area contributed by atoms with Crippen LogP contribution in [0.5, 0.6) is 0 Å². The van der Waals surface area contributed by atoms with E-state index in [1.165, 1.54) is 0 Å². The minimum absolute atomic E-state index is 0.241. The summed E-state index contributed by atoms with van der Waals surface area (Å²) in [7, 11) is 0. The van der Waals surface area contributed by atoms with Crippen molar-refractivity contribution in [1.82, 2.24) is 9.55 Å². The van der Waals surface area contributed by atoms with E-state index in [9.17, 15) is 5.11 Å². The van der Waals surface area contributed by atoms with Crippen LogP contribution in [0.4, 0.5) is 0 Å². The van der Waals surface area contributed by atoms with Crippen molar-refractivity contribution in [2.24, 2.45) is 0 Å². The van der Waals surface area contributed by atoms with Crippen LogP contribution in [-0.4, -0.2) is 20.3 Å². The molecular weight excluding hydrogens is 140 g/mol. The molecule has 1 aromatic rings. The van der Waals surface area contributed by atoms with Crippen molar-refractivity contribution in [2.45, 2.75) is 31.4 Å². The second-order valence-electron chi connectivity index (χ2n) is 3.42. The summed E-state index contributed by atoms with van der Waals surface area (Å²) in [5, 5.41) is 9.70. The molecule has 2 rings (SSSR count). The van der Waals surface area contributed by atoms with E-state index in [-0.39, 0.29) is 6.04 Å². The molecule has 0 aliphatic heterocycles. The van der Waals surface area contributed by atoms with Gasteiger partial charge in [-0.15, -0.1) is 0 Å².